The molecule has 19 heteroatoms. The summed E-state index contributed by atoms with van der Waals surface area (Å²) in [6.07, 6.45) is 12.3. The Hall–Kier alpha value is -6.24. The van der Waals surface area contributed by atoms with E-state index in [0.29, 0.717) is 12.0 Å². The fourth-order valence-corrected chi connectivity index (χ4v) is 7.35. The highest BCUT2D eigenvalue weighted by molar-refractivity contribution is 5.97. The van der Waals surface area contributed by atoms with Crippen LogP contribution in [0.3, 0.4) is 0 Å². The normalized spacial score (nSPS) is 17.1. The number of primary amides is 1. The second-order valence-corrected chi connectivity index (χ2v) is 16.4. The molecule has 0 radical (unpaired) electrons. The molecular formula is C45H66N8O11. The summed E-state index contributed by atoms with van der Waals surface area (Å²) in [7, 11) is 1.23. The number of nitrogens with zero attached hydrogens (tertiary/aromatic N) is 1. The summed E-state index contributed by atoms with van der Waals surface area (Å²) >= 11 is 0. The number of carbonyl (C=O) groups is 8. The van der Waals surface area contributed by atoms with Crippen LogP contribution in [0.1, 0.15) is 127 Å². The first kappa shape index (κ1) is 52.1. The van der Waals surface area contributed by atoms with Crippen molar-refractivity contribution in [3.8, 4) is 22.6 Å². The van der Waals surface area contributed by atoms with Crippen molar-refractivity contribution in [3.05, 3.63) is 47.5 Å². The van der Waals surface area contributed by atoms with Crippen LogP contribution >= 0.6 is 0 Å². The number of nitrogens with two attached hydrogens (primary N) is 2. The largest absolute Gasteiger partial charge is 0.507 e. The molecule has 352 valence electrons. The maximum absolute atomic E-state index is 13.9. The molecule has 0 spiro atoms. The summed E-state index contributed by atoms with van der Waals surface area (Å²) in [6.45, 7) is 2.77. The first-order valence-corrected chi connectivity index (χ1v) is 22.1. The number of aromatic hydroxyl groups is 2. The second-order valence-electron chi connectivity index (χ2n) is 16.4. The van der Waals surface area contributed by atoms with E-state index in [4.69, 9.17) is 11.5 Å². The summed E-state index contributed by atoms with van der Waals surface area (Å²) in [6, 6.07) is 2.42. The lowest BCUT2D eigenvalue weighted by molar-refractivity contribution is -0.143. The smallest absolute Gasteiger partial charge is 0.326 e. The summed E-state index contributed by atoms with van der Waals surface area (Å²) < 4.78 is 0. The van der Waals surface area contributed by atoms with Crippen molar-refractivity contribution in [1.82, 2.24) is 31.5 Å². The van der Waals surface area contributed by atoms with E-state index in [1.54, 1.807) is 0 Å². The summed E-state index contributed by atoms with van der Waals surface area (Å²) in [5.41, 5.74) is 11.9. The van der Waals surface area contributed by atoms with Crippen molar-refractivity contribution in [3.63, 3.8) is 0 Å². The fourth-order valence-electron chi connectivity index (χ4n) is 7.35. The Bertz CT molecular complexity index is 1960. The van der Waals surface area contributed by atoms with Crippen molar-refractivity contribution in [2.24, 2.45) is 11.5 Å². The van der Waals surface area contributed by atoms with Crippen molar-refractivity contribution < 1.29 is 53.7 Å². The Balaban J connectivity index is 1.61. The summed E-state index contributed by atoms with van der Waals surface area (Å²) in [5.74, 6) is -7.95. The van der Waals surface area contributed by atoms with Crippen LogP contribution < -0.4 is 38.1 Å². The number of hydrogen-bond acceptors (Lipinski definition) is 11. The first-order valence-electron chi connectivity index (χ1n) is 22.1. The minimum atomic E-state index is -1.76. The van der Waals surface area contributed by atoms with E-state index >= 15 is 0 Å². The van der Waals surface area contributed by atoms with Crippen LogP contribution in [-0.4, -0.2) is 105 Å². The van der Waals surface area contributed by atoms with Crippen molar-refractivity contribution in [2.45, 2.75) is 147 Å². The number of hydrogen-bond donors (Lipinski definition) is 10. The molecule has 3 rings (SSSR count). The zero-order valence-electron chi connectivity index (χ0n) is 37.1. The van der Waals surface area contributed by atoms with Crippen LogP contribution in [-0.2, 0) is 44.8 Å². The molecule has 0 aromatic heterocycles. The van der Waals surface area contributed by atoms with Gasteiger partial charge in [-0.25, -0.2) is 4.79 Å². The highest BCUT2D eigenvalue weighted by Gasteiger charge is 2.34. The summed E-state index contributed by atoms with van der Waals surface area (Å²) in [5, 5.41) is 43.3. The lowest BCUT2D eigenvalue weighted by atomic mass is 9.94. The molecule has 1 aliphatic heterocycles. The number of benzene rings is 2. The van der Waals surface area contributed by atoms with Crippen molar-refractivity contribution in [1.29, 1.82) is 0 Å². The zero-order valence-corrected chi connectivity index (χ0v) is 37.1. The molecule has 64 heavy (non-hydrogen) atoms. The molecule has 2 aromatic rings. The molecule has 1 aliphatic rings. The number of amides is 7. The summed E-state index contributed by atoms with van der Waals surface area (Å²) in [4.78, 5) is 104. The molecule has 0 saturated heterocycles. The van der Waals surface area contributed by atoms with Crippen LogP contribution in [0.25, 0.3) is 11.1 Å². The van der Waals surface area contributed by atoms with E-state index in [-0.39, 0.29) is 41.0 Å². The van der Waals surface area contributed by atoms with Gasteiger partial charge in [0.1, 0.15) is 35.7 Å². The predicted molar refractivity (Wildman–Crippen MR) is 237 cm³/mol. The van der Waals surface area contributed by atoms with Gasteiger partial charge in [-0.1, -0.05) is 96.1 Å². The third-order valence-corrected chi connectivity index (χ3v) is 11.1. The van der Waals surface area contributed by atoms with E-state index in [1.165, 1.54) is 102 Å². The molecule has 0 fully saturated rings. The molecule has 5 atom stereocenters. The number of rotatable bonds is 24. The van der Waals surface area contributed by atoms with Crippen molar-refractivity contribution >= 4 is 47.3 Å². The van der Waals surface area contributed by atoms with Gasteiger partial charge in [0.15, 0.2) is 6.17 Å². The van der Waals surface area contributed by atoms with Gasteiger partial charge in [0.05, 0.1) is 13.0 Å². The van der Waals surface area contributed by atoms with Gasteiger partial charge in [0.25, 0.3) is 5.91 Å². The average Bonchev–Trinajstić information content (AvgIpc) is 3.24. The maximum Gasteiger partial charge on any atom is 0.326 e. The number of carbonyl (C=O) groups excluding carboxylic acids is 7. The molecule has 4 bridgehead atoms. The molecule has 2 aromatic carbocycles. The number of phenols is 2. The van der Waals surface area contributed by atoms with E-state index in [0.717, 1.165) is 30.6 Å². The molecular weight excluding hydrogens is 829 g/mol. The van der Waals surface area contributed by atoms with Crippen LogP contribution in [0.5, 0.6) is 11.5 Å². The quantitative estimate of drug-likeness (QED) is 0.0536. The highest BCUT2D eigenvalue weighted by atomic mass is 16.4. The molecule has 0 saturated carbocycles. The van der Waals surface area contributed by atoms with Crippen molar-refractivity contribution in [2.75, 3.05) is 13.6 Å². The number of fused-ring (bicyclic) bond motifs is 5. The van der Waals surface area contributed by atoms with Gasteiger partial charge in [0, 0.05) is 31.0 Å². The average molecular weight is 895 g/mol. The number of phenolic OH excluding ortho intramolecular Hbond substituents is 2. The van der Waals surface area contributed by atoms with E-state index in [2.05, 4.69) is 33.5 Å². The molecule has 7 amide bonds. The number of carboxylic acid groups (broad SMARTS) is 1. The standard InChI is InChI=1S/C45H66N8O11/c1-4-5-6-7-8-9-10-11-12-13-14-15-16-17-37(57)50-32(25-36(46)56)42(60)52-40(47)44(62)48-26-38(58)53(3)39-29-19-21-35(55)31(24-29)30-22-28(18-20-34(30)54)23-33(45(63)64)51-41(59)27(2)49-43(39)61/h18-22,24,27,32-33,39-40,54-55H,4-17,23,25-26,47H2,1-3H3,(H2,46,56)(H,48,62)(H,49,61)(H,50,57)(H,51,59)(H,52,60)(H,63,64)/t27-,32+,33-,39-,40-/m0/s1. The van der Waals surface area contributed by atoms with Crippen LogP contribution in [0.15, 0.2) is 36.4 Å². The van der Waals surface area contributed by atoms with Gasteiger partial charge in [-0.2, -0.15) is 0 Å². The minimum Gasteiger partial charge on any atom is -0.507 e. The Labute approximate surface area is 373 Å². The monoisotopic (exact) mass is 894 g/mol. The van der Waals surface area contributed by atoms with Gasteiger partial charge in [0.2, 0.25) is 35.4 Å². The Morgan fingerprint density at radius 2 is 1.34 bits per heavy atom. The number of unbranched alkanes of at least 4 members (excludes halogenated alkanes) is 12. The van der Waals surface area contributed by atoms with Gasteiger partial charge in [-0.3, -0.25) is 33.6 Å². The third kappa shape index (κ3) is 16.8. The third-order valence-electron chi connectivity index (χ3n) is 11.1. The van der Waals surface area contributed by atoms with Crippen LogP contribution in [0.2, 0.25) is 0 Å². The number of likely N-dealkylation sites (N-methyl/N-ethyl adjacent to an activating group) is 1. The van der Waals surface area contributed by atoms with E-state index in [9.17, 15) is 53.7 Å². The molecule has 0 aliphatic carbocycles. The van der Waals surface area contributed by atoms with E-state index in [1.807, 2.05) is 0 Å². The number of carboxylic acids is 1. The van der Waals surface area contributed by atoms with Crippen LogP contribution in [0.4, 0.5) is 0 Å². The van der Waals surface area contributed by atoms with Gasteiger partial charge < -0.3 is 58.3 Å². The zero-order chi connectivity index (χ0) is 47.3. The molecule has 1 heterocycles. The number of aliphatic carboxylic acids is 1. The number of nitrogens with one attached hydrogen (secondary N) is 5. The molecule has 19 nitrogen and oxygen atoms in total. The Kier molecular flexibility index (Phi) is 21.5. The first-order chi connectivity index (χ1) is 30.4. The second kappa shape index (κ2) is 26.4. The van der Waals surface area contributed by atoms with Crippen LogP contribution in [0, 0.1) is 0 Å². The minimum absolute atomic E-state index is 0.0388. The Morgan fingerprint density at radius 1 is 0.781 bits per heavy atom. The lowest BCUT2D eigenvalue weighted by Gasteiger charge is -2.30. The topological polar surface area (TPSA) is 313 Å². The SMILES string of the molecule is CCCCCCCCCCCCCCCC(=O)N[C@H](CC(N)=O)C(=O)N[C@H](N)C(=O)NCC(=O)N(C)[C@@H]1C(=O)N[C@@H](C)C(=O)N[C@H](C(=O)O)Cc2ccc(O)c(c2)-c2cc1ccc2O. The predicted octanol–water partition coefficient (Wildman–Crippen LogP) is 2.25. The van der Waals surface area contributed by atoms with Gasteiger partial charge in [-0.05, 0) is 48.7 Å². The molecule has 0 unspecified atom stereocenters. The maximum atomic E-state index is 13.9. The fraction of sp³-hybridized carbons (Fsp3) is 0.556. The lowest BCUT2D eigenvalue weighted by Crippen LogP contribution is -2.58. The van der Waals surface area contributed by atoms with Gasteiger partial charge in [-0.15, -0.1) is 0 Å². The van der Waals surface area contributed by atoms with E-state index < -0.39 is 90.6 Å². The highest BCUT2D eigenvalue weighted by Crippen LogP contribution is 2.38. The van der Waals surface area contributed by atoms with Gasteiger partial charge >= 0.3 is 5.97 Å². The molecule has 12 N–H and O–H groups in total. The Morgan fingerprint density at radius 3 is 1.92 bits per heavy atom.